The van der Waals surface area contributed by atoms with Crippen LogP contribution in [0.5, 0.6) is 0 Å². The lowest BCUT2D eigenvalue weighted by molar-refractivity contribution is -0.147. The summed E-state index contributed by atoms with van der Waals surface area (Å²) in [5.74, 6) is 0.365. The number of cyclic esters (lactones) is 1. The van der Waals surface area contributed by atoms with E-state index in [4.69, 9.17) is 9.47 Å². The number of carbonyl (C=O) groups excluding carboxylic acids is 1. The minimum Gasteiger partial charge on any atom is -0.486 e. The van der Waals surface area contributed by atoms with E-state index in [0.29, 0.717) is 18.1 Å². The van der Waals surface area contributed by atoms with E-state index in [9.17, 15) is 13.2 Å². The molecule has 1 saturated carbocycles. The van der Waals surface area contributed by atoms with Crippen molar-refractivity contribution < 1.29 is 22.7 Å². The average Bonchev–Trinajstić information content (AvgIpc) is 3.31. The topological polar surface area (TPSA) is 69.7 Å². The Balaban J connectivity index is 1.97. The van der Waals surface area contributed by atoms with E-state index in [-0.39, 0.29) is 16.4 Å². The Morgan fingerprint density at radius 1 is 1.21 bits per heavy atom. The summed E-state index contributed by atoms with van der Waals surface area (Å²) in [4.78, 5) is 12.5. The maximum atomic E-state index is 12.2. The first-order valence-corrected chi connectivity index (χ1v) is 9.84. The summed E-state index contributed by atoms with van der Waals surface area (Å²) in [6.45, 7) is 5.75. The van der Waals surface area contributed by atoms with Crippen molar-refractivity contribution in [3.63, 3.8) is 0 Å². The van der Waals surface area contributed by atoms with Crippen molar-refractivity contribution >= 4 is 21.4 Å². The first-order chi connectivity index (χ1) is 11.2. The van der Waals surface area contributed by atoms with Crippen LogP contribution in [0.25, 0.3) is 5.57 Å². The summed E-state index contributed by atoms with van der Waals surface area (Å²) in [6, 6.07) is 6.56. The second-order valence-electron chi connectivity index (χ2n) is 6.79. The van der Waals surface area contributed by atoms with Crippen LogP contribution in [0.3, 0.4) is 0 Å². The number of carbonyl (C=O) groups is 1. The predicted octanol–water partition coefficient (Wildman–Crippen LogP) is 2.95. The number of rotatable bonds is 6. The zero-order valence-electron chi connectivity index (χ0n) is 14.2. The van der Waals surface area contributed by atoms with E-state index >= 15 is 0 Å². The molecule has 1 fully saturated rings. The summed E-state index contributed by atoms with van der Waals surface area (Å²) in [5, 5.41) is 0. The molecule has 0 amide bonds. The Labute approximate surface area is 142 Å². The number of sulfone groups is 1. The van der Waals surface area contributed by atoms with E-state index in [1.54, 1.807) is 31.2 Å². The van der Waals surface area contributed by atoms with Crippen LogP contribution in [0.2, 0.25) is 0 Å². The van der Waals surface area contributed by atoms with E-state index in [0.717, 1.165) is 18.4 Å². The van der Waals surface area contributed by atoms with Crippen molar-refractivity contribution in [2.24, 2.45) is 5.92 Å². The second kappa shape index (κ2) is 5.92. The molecule has 2 aliphatic rings. The summed E-state index contributed by atoms with van der Waals surface area (Å²) < 4.78 is 35.1. The fourth-order valence-electron chi connectivity index (χ4n) is 2.80. The number of esters is 1. The lowest BCUT2D eigenvalue weighted by Gasteiger charge is -2.21. The highest BCUT2D eigenvalue weighted by atomic mass is 32.2. The van der Waals surface area contributed by atoms with Gasteiger partial charge >= 0.3 is 5.97 Å². The van der Waals surface area contributed by atoms with Gasteiger partial charge in [0.05, 0.1) is 22.8 Å². The van der Waals surface area contributed by atoms with E-state index in [2.05, 4.69) is 0 Å². The molecule has 5 nitrogen and oxygen atoms in total. The van der Waals surface area contributed by atoms with Gasteiger partial charge in [-0.15, -0.1) is 0 Å². The van der Waals surface area contributed by atoms with Crippen molar-refractivity contribution in [1.29, 1.82) is 0 Å². The Bertz CT molecular complexity index is 783. The highest BCUT2D eigenvalue weighted by Crippen LogP contribution is 2.41. The molecular formula is C18H22O5S. The van der Waals surface area contributed by atoms with Crippen LogP contribution in [0, 0.1) is 5.92 Å². The van der Waals surface area contributed by atoms with Crippen LogP contribution in [0.4, 0.5) is 0 Å². The third-order valence-electron chi connectivity index (χ3n) is 4.40. The molecule has 1 aliphatic heterocycles. The van der Waals surface area contributed by atoms with Crippen LogP contribution >= 0.6 is 0 Å². The molecule has 1 aromatic carbocycles. The summed E-state index contributed by atoms with van der Waals surface area (Å²) in [5.41, 5.74) is 0.612. The first-order valence-electron chi connectivity index (χ1n) is 8.18. The molecule has 0 atom stereocenters. The summed E-state index contributed by atoms with van der Waals surface area (Å²) >= 11 is 0. The van der Waals surface area contributed by atoms with Crippen molar-refractivity contribution in [2.75, 3.05) is 12.4 Å². The lowest BCUT2D eigenvalue weighted by atomic mass is 9.92. The number of ether oxygens (including phenoxy) is 2. The van der Waals surface area contributed by atoms with Crippen molar-refractivity contribution in [1.82, 2.24) is 0 Å². The van der Waals surface area contributed by atoms with Crippen molar-refractivity contribution in [3.05, 3.63) is 35.6 Å². The Kier molecular flexibility index (Phi) is 4.20. The molecule has 0 radical (unpaired) electrons. The maximum absolute atomic E-state index is 12.2. The zero-order chi connectivity index (χ0) is 17.5. The molecule has 0 unspecified atom stereocenters. The third kappa shape index (κ3) is 3.20. The number of hydrogen-bond acceptors (Lipinski definition) is 5. The van der Waals surface area contributed by atoms with Gasteiger partial charge in [-0.3, -0.25) is 0 Å². The Hall–Kier alpha value is -1.82. The predicted molar refractivity (Wildman–Crippen MR) is 89.9 cm³/mol. The van der Waals surface area contributed by atoms with Gasteiger partial charge in [0, 0.05) is 0 Å². The highest BCUT2D eigenvalue weighted by Gasteiger charge is 2.43. The van der Waals surface area contributed by atoms with Crippen LogP contribution in [0.15, 0.2) is 34.9 Å². The van der Waals surface area contributed by atoms with Gasteiger partial charge in [0.15, 0.2) is 9.84 Å². The molecule has 24 heavy (non-hydrogen) atoms. The first kappa shape index (κ1) is 17.0. The lowest BCUT2D eigenvalue weighted by Crippen LogP contribution is -2.22. The molecule has 1 aromatic rings. The molecule has 1 aliphatic carbocycles. The smallest absolute Gasteiger partial charge is 0.374 e. The van der Waals surface area contributed by atoms with Gasteiger partial charge in [-0.25, -0.2) is 13.2 Å². The molecular weight excluding hydrogens is 328 g/mol. The monoisotopic (exact) mass is 350 g/mol. The number of benzene rings is 1. The van der Waals surface area contributed by atoms with Gasteiger partial charge in [0.1, 0.15) is 5.60 Å². The van der Waals surface area contributed by atoms with Gasteiger partial charge in [-0.2, -0.15) is 0 Å². The van der Waals surface area contributed by atoms with Gasteiger partial charge < -0.3 is 9.47 Å². The van der Waals surface area contributed by atoms with E-state index in [1.807, 2.05) is 13.8 Å². The van der Waals surface area contributed by atoms with Crippen LogP contribution < -0.4 is 0 Å². The third-order valence-corrected chi connectivity index (χ3v) is 6.16. The molecule has 0 spiro atoms. The Morgan fingerprint density at radius 3 is 2.38 bits per heavy atom. The minimum atomic E-state index is -3.25. The van der Waals surface area contributed by atoms with Crippen molar-refractivity contribution in [2.45, 2.75) is 44.1 Å². The van der Waals surface area contributed by atoms with Gasteiger partial charge in [-0.05, 0) is 50.3 Å². The fourth-order valence-corrected chi connectivity index (χ4v) is 3.68. The maximum Gasteiger partial charge on any atom is 0.374 e. The molecule has 0 N–H and O–H groups in total. The normalized spacial score (nSPS) is 20.2. The van der Waals surface area contributed by atoms with Crippen molar-refractivity contribution in [3.8, 4) is 0 Å². The van der Waals surface area contributed by atoms with Gasteiger partial charge in [-0.1, -0.05) is 19.1 Å². The SMILES string of the molecule is CCS(=O)(=O)c1ccc(C2=C(OCC3CC3)C(=O)OC2(C)C)cc1. The summed E-state index contributed by atoms with van der Waals surface area (Å²) in [6.07, 6.45) is 2.26. The quantitative estimate of drug-likeness (QED) is 0.738. The van der Waals surface area contributed by atoms with Crippen LogP contribution in [0.1, 0.15) is 39.2 Å². The van der Waals surface area contributed by atoms with E-state index < -0.39 is 21.4 Å². The largest absolute Gasteiger partial charge is 0.486 e. The van der Waals surface area contributed by atoms with E-state index in [1.165, 1.54) is 0 Å². The minimum absolute atomic E-state index is 0.0535. The zero-order valence-corrected chi connectivity index (χ0v) is 15.0. The van der Waals surface area contributed by atoms with Gasteiger partial charge in [0.25, 0.3) is 0 Å². The summed E-state index contributed by atoms with van der Waals surface area (Å²) in [7, 11) is -3.25. The number of hydrogen-bond donors (Lipinski definition) is 0. The molecule has 1 heterocycles. The van der Waals surface area contributed by atoms with Crippen LogP contribution in [-0.2, 0) is 24.1 Å². The second-order valence-corrected chi connectivity index (χ2v) is 9.06. The molecule has 0 aromatic heterocycles. The fraction of sp³-hybridized carbons (Fsp3) is 0.500. The highest BCUT2D eigenvalue weighted by molar-refractivity contribution is 7.91. The standard InChI is InChI=1S/C18H22O5S/c1-4-24(20,21)14-9-7-13(8-10-14)15-16(22-11-12-5-6-12)17(19)23-18(15,2)3/h7-10,12H,4-6,11H2,1-3H3. The molecule has 0 saturated heterocycles. The van der Waals surface area contributed by atoms with Gasteiger partial charge in [0.2, 0.25) is 5.76 Å². The molecule has 6 heteroatoms. The van der Waals surface area contributed by atoms with Crippen LogP contribution in [-0.4, -0.2) is 32.3 Å². The molecule has 0 bridgehead atoms. The Morgan fingerprint density at radius 2 is 1.83 bits per heavy atom. The average molecular weight is 350 g/mol. The molecule has 3 rings (SSSR count). The molecule has 130 valence electrons.